The van der Waals surface area contributed by atoms with E-state index in [1.807, 2.05) is 0 Å². The molecule has 1 aliphatic rings. The normalized spacial score (nSPS) is 16.4. The molecule has 1 aromatic heterocycles. The van der Waals surface area contributed by atoms with E-state index in [2.05, 4.69) is 4.98 Å². The van der Waals surface area contributed by atoms with Crippen molar-refractivity contribution in [1.29, 1.82) is 0 Å². The number of imide groups is 1. The van der Waals surface area contributed by atoms with Crippen LogP contribution >= 0.6 is 11.3 Å². The van der Waals surface area contributed by atoms with Crippen LogP contribution in [0.2, 0.25) is 0 Å². The Balaban J connectivity index is 2.21. The van der Waals surface area contributed by atoms with Crippen LogP contribution in [0.3, 0.4) is 0 Å². The average Bonchev–Trinajstić information content (AvgIpc) is 2.65. The fourth-order valence-electron chi connectivity index (χ4n) is 1.60. The minimum absolute atomic E-state index is 0.202. The molecule has 2 amide bonds. The number of nitrogens with zero attached hydrogens (tertiary/aromatic N) is 2. The van der Waals surface area contributed by atoms with E-state index in [1.165, 1.54) is 0 Å². The summed E-state index contributed by atoms with van der Waals surface area (Å²) in [6, 6.07) is 0. The molecule has 90 valence electrons. The molecule has 0 bridgehead atoms. The van der Waals surface area contributed by atoms with Crippen LogP contribution in [-0.4, -0.2) is 27.9 Å². The summed E-state index contributed by atoms with van der Waals surface area (Å²) < 4.78 is 0. The zero-order valence-corrected chi connectivity index (χ0v) is 9.70. The van der Waals surface area contributed by atoms with Crippen LogP contribution in [0.25, 0.3) is 0 Å². The summed E-state index contributed by atoms with van der Waals surface area (Å²) in [5, 5.41) is 10.4. The first kappa shape index (κ1) is 11.7. The molecule has 1 aliphatic heterocycles. The first-order chi connectivity index (χ1) is 8.08. The molecule has 0 atom stereocenters. The molecule has 2 heterocycles. The fourth-order valence-corrected chi connectivity index (χ4v) is 2.46. The summed E-state index contributed by atoms with van der Waals surface area (Å²) >= 11 is 1.12. The minimum Gasteiger partial charge on any atom is -0.481 e. The van der Waals surface area contributed by atoms with E-state index in [0.717, 1.165) is 16.2 Å². The second-order valence-corrected chi connectivity index (χ2v) is 4.50. The molecule has 0 spiro atoms. The lowest BCUT2D eigenvalue weighted by Crippen LogP contribution is -2.40. The molecule has 1 fully saturated rings. The van der Waals surface area contributed by atoms with Crippen molar-refractivity contribution >= 4 is 34.3 Å². The van der Waals surface area contributed by atoms with Gasteiger partial charge in [-0.3, -0.25) is 14.4 Å². The Morgan fingerprint density at radius 1 is 1.41 bits per heavy atom. The lowest BCUT2D eigenvalue weighted by atomic mass is 10.1. The Labute approximate surface area is 101 Å². The Morgan fingerprint density at radius 2 is 2.06 bits per heavy atom. The molecule has 0 aliphatic carbocycles. The van der Waals surface area contributed by atoms with Gasteiger partial charge in [0.25, 0.3) is 0 Å². The summed E-state index contributed by atoms with van der Waals surface area (Å²) in [7, 11) is 0. The number of aromatic nitrogens is 1. The zero-order valence-electron chi connectivity index (χ0n) is 8.88. The van der Waals surface area contributed by atoms with Gasteiger partial charge in [0.1, 0.15) is 0 Å². The monoisotopic (exact) mass is 254 g/mol. The van der Waals surface area contributed by atoms with Crippen molar-refractivity contribution in [2.45, 2.75) is 25.7 Å². The van der Waals surface area contributed by atoms with Crippen molar-refractivity contribution in [1.82, 2.24) is 4.98 Å². The van der Waals surface area contributed by atoms with Crippen LogP contribution in [0, 0.1) is 0 Å². The van der Waals surface area contributed by atoms with E-state index >= 15 is 0 Å². The highest BCUT2D eigenvalue weighted by Crippen LogP contribution is 2.25. The maximum absolute atomic E-state index is 11.6. The number of hydrogen-bond donors (Lipinski definition) is 1. The first-order valence-corrected chi connectivity index (χ1v) is 5.98. The fraction of sp³-hybridized carbons (Fsp3) is 0.400. The van der Waals surface area contributed by atoms with Gasteiger partial charge in [0.05, 0.1) is 12.1 Å². The van der Waals surface area contributed by atoms with Crippen LogP contribution in [-0.2, 0) is 20.8 Å². The third kappa shape index (κ3) is 2.50. The molecule has 0 saturated carbocycles. The van der Waals surface area contributed by atoms with Crippen molar-refractivity contribution in [3.63, 3.8) is 0 Å². The first-order valence-electron chi connectivity index (χ1n) is 5.10. The van der Waals surface area contributed by atoms with E-state index in [9.17, 15) is 14.4 Å². The maximum Gasteiger partial charge on any atom is 0.309 e. The standard InChI is InChI=1S/C10H10N2O4S/c13-7-2-1-3-8(14)12(7)10-11-6(5-17-10)4-9(15)16/h5H,1-4H2,(H,15,16). The largest absolute Gasteiger partial charge is 0.481 e. The Kier molecular flexibility index (Phi) is 3.19. The molecule has 17 heavy (non-hydrogen) atoms. The summed E-state index contributed by atoms with van der Waals surface area (Å²) in [6.07, 6.45) is 1.04. The summed E-state index contributed by atoms with van der Waals surface area (Å²) in [5.74, 6) is -1.52. The summed E-state index contributed by atoms with van der Waals surface area (Å²) in [4.78, 5) is 38.7. The van der Waals surface area contributed by atoms with Gasteiger partial charge < -0.3 is 5.11 Å². The van der Waals surface area contributed by atoms with Crippen molar-refractivity contribution in [2.75, 3.05) is 4.90 Å². The van der Waals surface area contributed by atoms with Gasteiger partial charge in [0.15, 0.2) is 5.13 Å². The predicted octanol–water partition coefficient (Wildman–Crippen LogP) is 0.814. The van der Waals surface area contributed by atoms with E-state index in [1.54, 1.807) is 5.38 Å². The highest BCUT2D eigenvalue weighted by Gasteiger charge is 2.29. The number of carboxylic acid groups (broad SMARTS) is 1. The third-order valence-electron chi connectivity index (χ3n) is 2.34. The number of rotatable bonds is 3. The second kappa shape index (κ2) is 4.62. The number of carbonyl (C=O) groups excluding carboxylic acids is 2. The number of aliphatic carboxylic acids is 1. The van der Waals surface area contributed by atoms with Crippen molar-refractivity contribution in [3.8, 4) is 0 Å². The third-order valence-corrected chi connectivity index (χ3v) is 3.22. The molecule has 0 radical (unpaired) electrons. The number of piperidine rings is 1. The molecular formula is C10H10N2O4S. The quantitative estimate of drug-likeness (QED) is 0.806. The second-order valence-electron chi connectivity index (χ2n) is 3.67. The Morgan fingerprint density at radius 3 is 2.65 bits per heavy atom. The van der Waals surface area contributed by atoms with Gasteiger partial charge in [-0.05, 0) is 6.42 Å². The zero-order chi connectivity index (χ0) is 12.4. The van der Waals surface area contributed by atoms with Crippen LogP contribution in [0.5, 0.6) is 0 Å². The van der Waals surface area contributed by atoms with Crippen LogP contribution in [0.4, 0.5) is 5.13 Å². The Bertz CT molecular complexity index is 466. The lowest BCUT2D eigenvalue weighted by molar-refractivity contribution is -0.136. The van der Waals surface area contributed by atoms with E-state index in [4.69, 9.17) is 5.11 Å². The smallest absolute Gasteiger partial charge is 0.309 e. The highest BCUT2D eigenvalue weighted by atomic mass is 32.1. The van der Waals surface area contributed by atoms with Gasteiger partial charge in [-0.15, -0.1) is 11.3 Å². The SMILES string of the molecule is O=C(O)Cc1csc(N2C(=O)CCCC2=O)n1. The molecule has 1 N–H and O–H groups in total. The number of carboxylic acids is 1. The lowest BCUT2D eigenvalue weighted by Gasteiger charge is -2.21. The molecule has 6 nitrogen and oxygen atoms in total. The van der Waals surface area contributed by atoms with E-state index in [0.29, 0.717) is 25.0 Å². The van der Waals surface area contributed by atoms with Gasteiger partial charge in [-0.2, -0.15) is 0 Å². The summed E-state index contributed by atoms with van der Waals surface area (Å²) in [5.41, 5.74) is 0.365. The van der Waals surface area contributed by atoms with Crippen molar-refractivity contribution in [2.24, 2.45) is 0 Å². The van der Waals surface area contributed by atoms with Gasteiger partial charge >= 0.3 is 5.97 Å². The van der Waals surface area contributed by atoms with Gasteiger partial charge in [-0.1, -0.05) is 0 Å². The van der Waals surface area contributed by atoms with Crippen LogP contribution < -0.4 is 4.90 Å². The summed E-state index contributed by atoms with van der Waals surface area (Å²) in [6.45, 7) is 0. The molecule has 1 aromatic rings. The van der Waals surface area contributed by atoms with Gasteiger partial charge in [-0.25, -0.2) is 9.88 Å². The molecular weight excluding hydrogens is 244 g/mol. The topological polar surface area (TPSA) is 87.6 Å². The van der Waals surface area contributed by atoms with Gasteiger partial charge in [0.2, 0.25) is 11.8 Å². The number of thiazole rings is 1. The molecule has 1 saturated heterocycles. The maximum atomic E-state index is 11.6. The number of hydrogen-bond acceptors (Lipinski definition) is 5. The predicted molar refractivity (Wildman–Crippen MR) is 59.8 cm³/mol. The molecule has 0 unspecified atom stereocenters. The molecule has 7 heteroatoms. The highest BCUT2D eigenvalue weighted by molar-refractivity contribution is 7.14. The number of carbonyl (C=O) groups is 3. The Hall–Kier alpha value is -1.76. The average molecular weight is 254 g/mol. The van der Waals surface area contributed by atoms with E-state index < -0.39 is 5.97 Å². The van der Waals surface area contributed by atoms with E-state index in [-0.39, 0.29) is 23.4 Å². The molecule has 2 rings (SSSR count). The number of anilines is 1. The van der Waals surface area contributed by atoms with Crippen LogP contribution in [0.1, 0.15) is 25.0 Å². The van der Waals surface area contributed by atoms with Crippen molar-refractivity contribution in [3.05, 3.63) is 11.1 Å². The van der Waals surface area contributed by atoms with Crippen molar-refractivity contribution < 1.29 is 19.5 Å². The number of amides is 2. The van der Waals surface area contributed by atoms with Crippen LogP contribution in [0.15, 0.2) is 5.38 Å². The minimum atomic E-state index is -0.988. The van der Waals surface area contributed by atoms with Gasteiger partial charge in [0, 0.05) is 18.2 Å². The molecule has 0 aromatic carbocycles.